The third-order valence-electron chi connectivity index (χ3n) is 3.41. The molecule has 1 aromatic rings. The highest BCUT2D eigenvalue weighted by Crippen LogP contribution is 2.29. The number of nitrogen functional groups attached to an aromatic ring is 1. The summed E-state index contributed by atoms with van der Waals surface area (Å²) in [6, 6.07) is -0.0317. The fraction of sp³-hybridized carbons (Fsp3) is 0.667. The predicted octanol–water partition coefficient (Wildman–Crippen LogP) is 1.01. The standard InChI is InChI=1S/C12H20ClN5O2S/c1-2-7-21(19,20)17-9-3-5-18(6-4-9)12-10(13)11(14)15-8-16-12/h8-9,17H,2-7H2,1H3,(H2,14,15,16). The number of rotatable bonds is 5. The van der Waals surface area contributed by atoms with Crippen LogP contribution in [0.1, 0.15) is 26.2 Å². The van der Waals surface area contributed by atoms with Gasteiger partial charge >= 0.3 is 0 Å². The Morgan fingerprint density at radius 3 is 2.71 bits per heavy atom. The van der Waals surface area contributed by atoms with Crippen LogP contribution in [-0.4, -0.2) is 43.3 Å². The van der Waals surface area contributed by atoms with Gasteiger partial charge in [0, 0.05) is 19.1 Å². The minimum atomic E-state index is -3.17. The molecule has 0 amide bonds. The minimum Gasteiger partial charge on any atom is -0.382 e. The molecule has 118 valence electrons. The van der Waals surface area contributed by atoms with Gasteiger partial charge in [-0.1, -0.05) is 18.5 Å². The fourth-order valence-electron chi connectivity index (χ4n) is 2.38. The number of hydrogen-bond acceptors (Lipinski definition) is 6. The van der Waals surface area contributed by atoms with Crippen LogP contribution in [0.3, 0.4) is 0 Å². The van der Waals surface area contributed by atoms with E-state index in [1.807, 2.05) is 11.8 Å². The summed E-state index contributed by atoms with van der Waals surface area (Å²) in [5.41, 5.74) is 5.67. The van der Waals surface area contributed by atoms with Gasteiger partial charge in [-0.3, -0.25) is 0 Å². The number of aromatic nitrogens is 2. The maximum Gasteiger partial charge on any atom is 0.211 e. The first-order chi connectivity index (χ1) is 9.93. The quantitative estimate of drug-likeness (QED) is 0.834. The molecule has 0 unspecified atom stereocenters. The highest BCUT2D eigenvalue weighted by atomic mass is 35.5. The molecule has 21 heavy (non-hydrogen) atoms. The second kappa shape index (κ2) is 6.76. The van der Waals surface area contributed by atoms with Crippen molar-refractivity contribution in [2.24, 2.45) is 0 Å². The van der Waals surface area contributed by atoms with Crippen LogP contribution in [0, 0.1) is 0 Å². The molecular formula is C12H20ClN5O2S. The van der Waals surface area contributed by atoms with Gasteiger partial charge in [0.25, 0.3) is 0 Å². The largest absolute Gasteiger partial charge is 0.382 e. The van der Waals surface area contributed by atoms with Crippen LogP contribution in [0.2, 0.25) is 5.02 Å². The van der Waals surface area contributed by atoms with Crippen LogP contribution in [0.25, 0.3) is 0 Å². The fourth-order valence-corrected chi connectivity index (χ4v) is 4.00. The van der Waals surface area contributed by atoms with E-state index in [0.717, 1.165) is 0 Å². The maximum absolute atomic E-state index is 11.8. The van der Waals surface area contributed by atoms with E-state index in [-0.39, 0.29) is 17.6 Å². The molecule has 1 aliphatic heterocycles. The number of hydrogen-bond donors (Lipinski definition) is 2. The molecule has 1 fully saturated rings. The van der Waals surface area contributed by atoms with Crippen LogP contribution in [0.5, 0.6) is 0 Å². The first kappa shape index (κ1) is 16.3. The van der Waals surface area contributed by atoms with E-state index in [9.17, 15) is 8.42 Å². The van der Waals surface area contributed by atoms with E-state index in [1.54, 1.807) is 0 Å². The Morgan fingerprint density at radius 2 is 2.10 bits per heavy atom. The zero-order chi connectivity index (χ0) is 15.5. The van der Waals surface area contributed by atoms with Crippen molar-refractivity contribution in [2.75, 3.05) is 29.5 Å². The average Bonchev–Trinajstić information content (AvgIpc) is 2.42. The number of piperidine rings is 1. The Kier molecular flexibility index (Phi) is 5.23. The molecule has 1 saturated heterocycles. The molecule has 9 heteroatoms. The Hall–Kier alpha value is -1.12. The average molecular weight is 334 g/mol. The van der Waals surface area contributed by atoms with Crippen LogP contribution < -0.4 is 15.4 Å². The lowest BCUT2D eigenvalue weighted by atomic mass is 10.1. The first-order valence-corrected chi connectivity index (χ1v) is 8.97. The summed E-state index contributed by atoms with van der Waals surface area (Å²) >= 11 is 6.11. The van der Waals surface area contributed by atoms with E-state index in [0.29, 0.717) is 43.2 Å². The van der Waals surface area contributed by atoms with Gasteiger partial charge in [0.2, 0.25) is 10.0 Å². The molecule has 7 nitrogen and oxygen atoms in total. The van der Waals surface area contributed by atoms with E-state index < -0.39 is 10.0 Å². The van der Waals surface area contributed by atoms with Crippen LogP contribution in [0.4, 0.5) is 11.6 Å². The number of nitrogens with zero attached hydrogens (tertiary/aromatic N) is 3. The molecule has 0 aromatic carbocycles. The topological polar surface area (TPSA) is 101 Å². The van der Waals surface area contributed by atoms with Crippen molar-refractivity contribution in [1.29, 1.82) is 0 Å². The highest BCUT2D eigenvalue weighted by Gasteiger charge is 2.25. The number of sulfonamides is 1. The molecule has 0 spiro atoms. The van der Waals surface area contributed by atoms with E-state index in [1.165, 1.54) is 6.33 Å². The second-order valence-corrected chi connectivity index (χ2v) is 7.35. The van der Waals surface area contributed by atoms with E-state index >= 15 is 0 Å². The van der Waals surface area contributed by atoms with E-state index in [4.69, 9.17) is 17.3 Å². The van der Waals surface area contributed by atoms with Crippen molar-refractivity contribution >= 4 is 33.3 Å². The summed E-state index contributed by atoms with van der Waals surface area (Å²) in [6.07, 6.45) is 3.42. The zero-order valence-electron chi connectivity index (χ0n) is 11.9. The Balaban J connectivity index is 1.96. The Labute approximate surface area is 129 Å². The monoisotopic (exact) mass is 333 g/mol. The Morgan fingerprint density at radius 1 is 1.43 bits per heavy atom. The summed E-state index contributed by atoms with van der Waals surface area (Å²) in [6.45, 7) is 3.20. The molecular weight excluding hydrogens is 314 g/mol. The van der Waals surface area contributed by atoms with Crippen molar-refractivity contribution in [3.63, 3.8) is 0 Å². The first-order valence-electron chi connectivity index (χ1n) is 6.94. The van der Waals surface area contributed by atoms with Crippen LogP contribution in [-0.2, 0) is 10.0 Å². The maximum atomic E-state index is 11.8. The molecule has 3 N–H and O–H groups in total. The summed E-state index contributed by atoms with van der Waals surface area (Å²) in [7, 11) is -3.17. The van der Waals surface area contributed by atoms with E-state index in [2.05, 4.69) is 14.7 Å². The zero-order valence-corrected chi connectivity index (χ0v) is 13.5. The van der Waals surface area contributed by atoms with Crippen molar-refractivity contribution in [3.05, 3.63) is 11.3 Å². The molecule has 0 radical (unpaired) electrons. The van der Waals surface area contributed by atoms with Gasteiger partial charge in [-0.2, -0.15) is 0 Å². The summed E-state index contributed by atoms with van der Waals surface area (Å²) in [5, 5.41) is 0.350. The minimum absolute atomic E-state index is 0.0317. The third-order valence-corrected chi connectivity index (χ3v) is 5.41. The lowest BCUT2D eigenvalue weighted by Gasteiger charge is -2.33. The van der Waals surface area contributed by atoms with Crippen molar-refractivity contribution < 1.29 is 8.42 Å². The van der Waals surface area contributed by atoms with Gasteiger partial charge in [0.05, 0.1) is 5.75 Å². The van der Waals surface area contributed by atoms with Gasteiger partial charge in [-0.05, 0) is 19.3 Å². The molecule has 0 bridgehead atoms. The molecule has 1 aliphatic rings. The number of anilines is 2. The van der Waals surface area contributed by atoms with Crippen molar-refractivity contribution in [2.45, 2.75) is 32.2 Å². The molecule has 0 aliphatic carbocycles. The van der Waals surface area contributed by atoms with Crippen LogP contribution in [0.15, 0.2) is 6.33 Å². The molecule has 2 heterocycles. The van der Waals surface area contributed by atoms with Gasteiger partial charge in [0.1, 0.15) is 17.2 Å². The third kappa shape index (κ3) is 4.18. The second-order valence-electron chi connectivity index (χ2n) is 5.09. The van der Waals surface area contributed by atoms with Crippen molar-refractivity contribution in [1.82, 2.24) is 14.7 Å². The Bertz CT molecular complexity index is 587. The van der Waals surface area contributed by atoms with Gasteiger partial charge < -0.3 is 10.6 Å². The van der Waals surface area contributed by atoms with Gasteiger partial charge in [-0.15, -0.1) is 0 Å². The predicted molar refractivity (Wildman–Crippen MR) is 83.9 cm³/mol. The van der Waals surface area contributed by atoms with Gasteiger partial charge in [-0.25, -0.2) is 23.1 Å². The smallest absolute Gasteiger partial charge is 0.211 e. The molecule has 1 aromatic heterocycles. The normalized spacial score (nSPS) is 17.1. The lowest BCUT2D eigenvalue weighted by molar-refractivity contribution is 0.458. The summed E-state index contributed by atoms with van der Waals surface area (Å²) in [4.78, 5) is 10.00. The molecule has 2 rings (SSSR count). The van der Waals surface area contributed by atoms with Crippen LogP contribution >= 0.6 is 11.6 Å². The van der Waals surface area contributed by atoms with Crippen molar-refractivity contribution in [3.8, 4) is 0 Å². The lowest BCUT2D eigenvalue weighted by Crippen LogP contribution is -2.45. The SMILES string of the molecule is CCCS(=O)(=O)NC1CCN(c2ncnc(N)c2Cl)CC1. The molecule has 0 saturated carbocycles. The molecule has 0 atom stereocenters. The summed E-state index contributed by atoms with van der Waals surface area (Å²) < 4.78 is 26.3. The highest BCUT2D eigenvalue weighted by molar-refractivity contribution is 7.89. The number of nitrogens with one attached hydrogen (secondary N) is 1. The van der Waals surface area contributed by atoms with Gasteiger partial charge in [0.15, 0.2) is 5.82 Å². The number of halogens is 1. The number of nitrogens with two attached hydrogens (primary N) is 1. The summed E-state index contributed by atoms with van der Waals surface area (Å²) in [5.74, 6) is 1.04.